The van der Waals surface area contributed by atoms with E-state index in [-0.39, 0.29) is 30.3 Å². The Morgan fingerprint density at radius 1 is 1.26 bits per heavy atom. The number of Topliss-reactive ketones (excluding diaryl/α,β-unsaturated/α-hetero) is 1. The van der Waals surface area contributed by atoms with Crippen molar-refractivity contribution in [1.82, 2.24) is 14.5 Å². The van der Waals surface area contributed by atoms with Gasteiger partial charge in [0.15, 0.2) is 5.78 Å². The molecule has 2 aliphatic heterocycles. The van der Waals surface area contributed by atoms with Gasteiger partial charge in [0.1, 0.15) is 29.4 Å². The normalized spacial score (nSPS) is 16.8. The van der Waals surface area contributed by atoms with Crippen LogP contribution in [-0.4, -0.2) is 52.5 Å². The molecule has 0 spiro atoms. The van der Waals surface area contributed by atoms with E-state index >= 15 is 0 Å². The van der Waals surface area contributed by atoms with Gasteiger partial charge in [0.25, 0.3) is 5.91 Å². The number of hydrogen-bond donors (Lipinski definition) is 0. The van der Waals surface area contributed by atoms with E-state index in [0.29, 0.717) is 36.9 Å². The lowest BCUT2D eigenvalue weighted by Gasteiger charge is -2.32. The summed E-state index contributed by atoms with van der Waals surface area (Å²) in [5.41, 5.74) is 1.48. The summed E-state index contributed by atoms with van der Waals surface area (Å²) in [6.07, 6.45) is 5.33. The van der Waals surface area contributed by atoms with Crippen LogP contribution < -0.4 is 9.47 Å². The summed E-state index contributed by atoms with van der Waals surface area (Å²) in [6.45, 7) is 1.58. The number of benzene rings is 1. The van der Waals surface area contributed by atoms with Crippen LogP contribution in [0.3, 0.4) is 0 Å². The molecule has 1 fully saturated rings. The number of piperidine rings is 1. The standard InChI is InChI=1S/C23H22FN3O4/c24-19-12-22-16(10-17(28)14-31-22)11-18(19)23(29)26-8-4-15(5-9-26)13-30-21-2-1-7-27-20(21)3-6-25-27/h1-3,6-7,11-12,15H,4-5,8-10,13-14H2. The van der Waals surface area contributed by atoms with Crippen molar-refractivity contribution in [2.45, 2.75) is 19.3 Å². The maximum Gasteiger partial charge on any atom is 0.256 e. The molecule has 0 N–H and O–H groups in total. The van der Waals surface area contributed by atoms with Gasteiger partial charge in [-0.2, -0.15) is 5.10 Å². The number of ketones is 1. The molecule has 160 valence electrons. The van der Waals surface area contributed by atoms with E-state index in [1.165, 1.54) is 12.1 Å². The van der Waals surface area contributed by atoms with Crippen LogP contribution in [0.4, 0.5) is 4.39 Å². The summed E-state index contributed by atoms with van der Waals surface area (Å²) < 4.78 is 27.6. The molecule has 8 heteroatoms. The van der Waals surface area contributed by atoms with E-state index < -0.39 is 5.82 Å². The van der Waals surface area contributed by atoms with Gasteiger partial charge in [0.05, 0.1) is 18.4 Å². The molecule has 4 heterocycles. The number of aromatic nitrogens is 2. The quantitative estimate of drug-likeness (QED) is 0.645. The number of pyridine rings is 1. The number of carbonyl (C=O) groups is 2. The monoisotopic (exact) mass is 423 g/mol. The molecular weight excluding hydrogens is 401 g/mol. The largest absolute Gasteiger partial charge is 0.491 e. The molecule has 7 nitrogen and oxygen atoms in total. The maximum absolute atomic E-state index is 14.5. The summed E-state index contributed by atoms with van der Waals surface area (Å²) >= 11 is 0. The number of rotatable bonds is 4. The van der Waals surface area contributed by atoms with E-state index in [1.807, 2.05) is 24.4 Å². The summed E-state index contributed by atoms with van der Waals surface area (Å²) in [4.78, 5) is 26.2. The fourth-order valence-electron chi connectivity index (χ4n) is 4.19. The van der Waals surface area contributed by atoms with Crippen LogP contribution >= 0.6 is 0 Å². The van der Waals surface area contributed by atoms with Crippen molar-refractivity contribution in [3.05, 3.63) is 59.7 Å². The molecule has 1 amide bonds. The Bertz CT molecular complexity index is 1150. The lowest BCUT2D eigenvalue weighted by Crippen LogP contribution is -2.40. The molecule has 2 aliphatic rings. The van der Waals surface area contributed by atoms with E-state index in [2.05, 4.69) is 5.10 Å². The van der Waals surface area contributed by atoms with Gasteiger partial charge in [-0.1, -0.05) is 0 Å². The van der Waals surface area contributed by atoms with Gasteiger partial charge in [-0.15, -0.1) is 0 Å². The third-order valence-corrected chi connectivity index (χ3v) is 5.93. The van der Waals surface area contributed by atoms with Crippen LogP contribution in [0.5, 0.6) is 11.5 Å². The smallest absolute Gasteiger partial charge is 0.256 e. The zero-order chi connectivity index (χ0) is 21.4. The molecular formula is C23H22FN3O4. The molecule has 5 rings (SSSR count). The number of ether oxygens (including phenoxy) is 2. The van der Waals surface area contributed by atoms with Crippen LogP contribution in [0.2, 0.25) is 0 Å². The van der Waals surface area contributed by atoms with Crippen molar-refractivity contribution >= 4 is 17.2 Å². The first kappa shape index (κ1) is 19.5. The number of likely N-dealkylation sites (tertiary alicyclic amines) is 1. The third kappa shape index (κ3) is 3.85. The zero-order valence-corrected chi connectivity index (χ0v) is 16.9. The van der Waals surface area contributed by atoms with Crippen LogP contribution in [0.1, 0.15) is 28.8 Å². The molecule has 0 radical (unpaired) electrons. The highest BCUT2D eigenvalue weighted by Gasteiger charge is 2.28. The van der Waals surface area contributed by atoms with Crippen LogP contribution in [0, 0.1) is 11.7 Å². The molecule has 3 aromatic rings. The molecule has 0 unspecified atom stereocenters. The highest BCUT2D eigenvalue weighted by Crippen LogP contribution is 2.29. The van der Waals surface area contributed by atoms with Crippen molar-refractivity contribution in [3.63, 3.8) is 0 Å². The van der Waals surface area contributed by atoms with Crippen LogP contribution in [0.15, 0.2) is 42.7 Å². The second-order valence-corrected chi connectivity index (χ2v) is 8.02. The van der Waals surface area contributed by atoms with Gasteiger partial charge in [0.2, 0.25) is 0 Å². The van der Waals surface area contributed by atoms with E-state index in [4.69, 9.17) is 9.47 Å². The minimum absolute atomic E-state index is 0.000777. The van der Waals surface area contributed by atoms with Crippen LogP contribution in [-0.2, 0) is 11.2 Å². The van der Waals surface area contributed by atoms with E-state index in [1.54, 1.807) is 15.6 Å². The summed E-state index contributed by atoms with van der Waals surface area (Å²) in [5.74, 6) is 0.403. The SMILES string of the molecule is O=C1COc2cc(F)c(C(=O)N3CCC(COc4cccn5nccc45)CC3)cc2C1. The van der Waals surface area contributed by atoms with E-state index in [9.17, 15) is 14.0 Å². The fraction of sp³-hybridized carbons (Fsp3) is 0.348. The van der Waals surface area contributed by atoms with Gasteiger partial charge < -0.3 is 14.4 Å². The number of nitrogens with zero attached hydrogens (tertiary/aromatic N) is 3. The molecule has 0 aliphatic carbocycles. The lowest BCUT2D eigenvalue weighted by atomic mass is 9.96. The lowest BCUT2D eigenvalue weighted by molar-refractivity contribution is -0.121. The van der Waals surface area contributed by atoms with Gasteiger partial charge in [-0.05, 0) is 43.0 Å². The topological polar surface area (TPSA) is 73.1 Å². The molecule has 1 saturated heterocycles. The number of fused-ring (bicyclic) bond motifs is 2. The van der Waals surface area contributed by atoms with E-state index in [0.717, 1.165) is 24.1 Å². The molecule has 0 atom stereocenters. The Kier molecular flexibility index (Phi) is 5.05. The number of halogens is 1. The van der Waals surface area contributed by atoms with Crippen molar-refractivity contribution < 1.29 is 23.5 Å². The van der Waals surface area contributed by atoms with Crippen molar-refractivity contribution in [1.29, 1.82) is 0 Å². The first-order chi connectivity index (χ1) is 15.1. The fourth-order valence-corrected chi connectivity index (χ4v) is 4.19. The summed E-state index contributed by atoms with van der Waals surface area (Å²) in [7, 11) is 0. The maximum atomic E-state index is 14.5. The second kappa shape index (κ2) is 8.02. The molecule has 31 heavy (non-hydrogen) atoms. The number of amides is 1. The Balaban J connectivity index is 1.21. The zero-order valence-electron chi connectivity index (χ0n) is 16.9. The Labute approximate surface area is 178 Å². The second-order valence-electron chi connectivity index (χ2n) is 8.02. The number of hydrogen-bond acceptors (Lipinski definition) is 5. The predicted molar refractivity (Wildman–Crippen MR) is 110 cm³/mol. The average molecular weight is 423 g/mol. The molecule has 1 aromatic carbocycles. The predicted octanol–water partition coefficient (Wildman–Crippen LogP) is 2.91. The van der Waals surface area contributed by atoms with Crippen LogP contribution in [0.25, 0.3) is 5.52 Å². The molecule has 2 aromatic heterocycles. The van der Waals surface area contributed by atoms with Crippen molar-refractivity contribution in [2.24, 2.45) is 5.92 Å². The highest BCUT2D eigenvalue weighted by atomic mass is 19.1. The van der Waals surface area contributed by atoms with Crippen molar-refractivity contribution in [2.75, 3.05) is 26.3 Å². The van der Waals surface area contributed by atoms with Gasteiger partial charge >= 0.3 is 0 Å². The molecule has 0 bridgehead atoms. The Morgan fingerprint density at radius 2 is 2.10 bits per heavy atom. The Hall–Kier alpha value is -3.42. The van der Waals surface area contributed by atoms with Gasteiger partial charge in [-0.3, -0.25) is 9.59 Å². The summed E-state index contributed by atoms with van der Waals surface area (Å²) in [6, 6.07) is 8.39. The minimum atomic E-state index is -0.613. The third-order valence-electron chi connectivity index (χ3n) is 5.93. The summed E-state index contributed by atoms with van der Waals surface area (Å²) in [5, 5.41) is 4.21. The first-order valence-electron chi connectivity index (χ1n) is 10.4. The van der Waals surface area contributed by atoms with Crippen molar-refractivity contribution in [3.8, 4) is 11.5 Å². The number of carbonyl (C=O) groups excluding carboxylic acids is 2. The minimum Gasteiger partial charge on any atom is -0.491 e. The first-order valence-corrected chi connectivity index (χ1v) is 10.4. The van der Waals surface area contributed by atoms with Gasteiger partial charge in [-0.25, -0.2) is 8.91 Å². The molecule has 0 saturated carbocycles. The Morgan fingerprint density at radius 3 is 2.94 bits per heavy atom. The average Bonchev–Trinajstić information content (AvgIpc) is 3.27. The highest BCUT2D eigenvalue weighted by molar-refractivity contribution is 5.95. The van der Waals surface area contributed by atoms with Gasteiger partial charge in [0, 0.05) is 37.3 Å².